The van der Waals surface area contributed by atoms with Gasteiger partial charge in [0.25, 0.3) is 0 Å². The van der Waals surface area contributed by atoms with Gasteiger partial charge in [0.2, 0.25) is 0 Å². The number of rotatable bonds is 3. The Morgan fingerprint density at radius 1 is 1.24 bits per heavy atom. The van der Waals surface area contributed by atoms with E-state index in [0.717, 1.165) is 31.2 Å². The number of nitrogens with one attached hydrogen (secondary N) is 1. The molecule has 0 saturated carbocycles. The van der Waals surface area contributed by atoms with Gasteiger partial charge in [-0.05, 0) is 44.7 Å². The van der Waals surface area contributed by atoms with Gasteiger partial charge < -0.3 is 15.0 Å². The number of benzene rings is 1. The molecule has 2 unspecified atom stereocenters. The van der Waals surface area contributed by atoms with E-state index in [1.54, 1.807) is 0 Å². The third kappa shape index (κ3) is 3.21. The molecule has 2 bridgehead atoms. The predicted molar refractivity (Wildman–Crippen MR) is 82.0 cm³/mol. The van der Waals surface area contributed by atoms with Crippen LogP contribution in [0.2, 0.25) is 0 Å². The summed E-state index contributed by atoms with van der Waals surface area (Å²) in [7, 11) is 2.02. The summed E-state index contributed by atoms with van der Waals surface area (Å²) in [5.41, 5.74) is 1.04. The second-order valence-electron chi connectivity index (χ2n) is 6.14. The van der Waals surface area contributed by atoms with Crippen LogP contribution in [0.4, 0.5) is 4.79 Å². The first-order chi connectivity index (χ1) is 10.3. The lowest BCUT2D eigenvalue weighted by Crippen LogP contribution is -2.57. The molecule has 2 aliphatic heterocycles. The van der Waals surface area contributed by atoms with Crippen molar-refractivity contribution in [1.29, 1.82) is 0 Å². The molecule has 1 aromatic rings. The number of nitrogens with zero attached hydrogens (tertiary/aromatic N) is 1. The molecule has 2 aliphatic rings. The number of ether oxygens (including phenoxy) is 1. The third-order valence-electron chi connectivity index (χ3n) is 4.80. The Balaban J connectivity index is 1.61. The van der Waals surface area contributed by atoms with Gasteiger partial charge in [0.15, 0.2) is 0 Å². The molecule has 0 spiro atoms. The van der Waals surface area contributed by atoms with E-state index in [1.165, 1.54) is 6.42 Å². The number of amides is 1. The lowest BCUT2D eigenvalue weighted by Gasteiger charge is -2.48. The Morgan fingerprint density at radius 3 is 2.52 bits per heavy atom. The Bertz CT molecular complexity index is 463. The van der Waals surface area contributed by atoms with Gasteiger partial charge in [0.05, 0.1) is 0 Å². The Kier molecular flexibility index (Phi) is 4.44. The van der Waals surface area contributed by atoms with E-state index in [-0.39, 0.29) is 6.09 Å². The largest absolute Gasteiger partial charge is 0.445 e. The standard InChI is InChI=1S/C17H24N2O2/c1-18-14-10-15-8-5-9-16(11-14)19(15)17(20)21-12-13-6-3-2-4-7-13/h2-4,6-7,14-16,18H,5,8-12H2,1H3/t14?,15-,16?/m0/s1. The minimum atomic E-state index is -0.136. The number of hydrogen-bond acceptors (Lipinski definition) is 3. The van der Waals surface area contributed by atoms with Crippen molar-refractivity contribution in [2.45, 2.75) is 56.8 Å². The van der Waals surface area contributed by atoms with Crippen LogP contribution in [0.25, 0.3) is 0 Å². The molecule has 1 amide bonds. The van der Waals surface area contributed by atoms with Crippen molar-refractivity contribution >= 4 is 6.09 Å². The van der Waals surface area contributed by atoms with Gasteiger partial charge in [0.1, 0.15) is 6.61 Å². The van der Waals surface area contributed by atoms with Crippen molar-refractivity contribution in [1.82, 2.24) is 10.2 Å². The first-order valence-electron chi connectivity index (χ1n) is 7.94. The minimum absolute atomic E-state index is 0.136. The van der Waals surface area contributed by atoms with Gasteiger partial charge in [0, 0.05) is 18.1 Å². The van der Waals surface area contributed by atoms with Crippen molar-refractivity contribution in [3.8, 4) is 0 Å². The SMILES string of the molecule is CNC1CC2CCC[C@@H](C1)N2C(=O)OCc1ccccc1. The van der Waals surface area contributed by atoms with E-state index in [4.69, 9.17) is 4.74 Å². The zero-order valence-corrected chi connectivity index (χ0v) is 12.6. The summed E-state index contributed by atoms with van der Waals surface area (Å²) in [6.45, 7) is 0.366. The van der Waals surface area contributed by atoms with Gasteiger partial charge in [-0.25, -0.2) is 4.79 Å². The Morgan fingerprint density at radius 2 is 1.90 bits per heavy atom. The van der Waals surface area contributed by atoms with E-state index in [9.17, 15) is 4.79 Å². The zero-order valence-electron chi connectivity index (χ0n) is 12.6. The summed E-state index contributed by atoms with van der Waals surface area (Å²) in [6, 6.07) is 11.1. The second kappa shape index (κ2) is 6.48. The summed E-state index contributed by atoms with van der Waals surface area (Å²) >= 11 is 0. The highest BCUT2D eigenvalue weighted by atomic mass is 16.6. The Hall–Kier alpha value is -1.55. The molecular formula is C17H24N2O2. The van der Waals surface area contributed by atoms with Crippen molar-refractivity contribution in [3.63, 3.8) is 0 Å². The van der Waals surface area contributed by atoms with E-state index >= 15 is 0 Å². The second-order valence-corrected chi connectivity index (χ2v) is 6.14. The maximum Gasteiger partial charge on any atom is 0.410 e. The summed E-state index contributed by atoms with van der Waals surface area (Å²) in [5.74, 6) is 0. The minimum Gasteiger partial charge on any atom is -0.445 e. The average Bonchev–Trinajstić information content (AvgIpc) is 2.52. The molecule has 0 radical (unpaired) electrons. The maximum absolute atomic E-state index is 12.5. The van der Waals surface area contributed by atoms with Crippen LogP contribution < -0.4 is 5.32 Å². The van der Waals surface area contributed by atoms with Crippen LogP contribution in [-0.4, -0.2) is 36.2 Å². The van der Waals surface area contributed by atoms with Crippen molar-refractivity contribution in [3.05, 3.63) is 35.9 Å². The molecule has 1 N–H and O–H groups in total. The smallest absolute Gasteiger partial charge is 0.410 e. The van der Waals surface area contributed by atoms with E-state index in [0.29, 0.717) is 24.7 Å². The van der Waals surface area contributed by atoms with Gasteiger partial charge >= 0.3 is 6.09 Å². The van der Waals surface area contributed by atoms with E-state index < -0.39 is 0 Å². The lowest BCUT2D eigenvalue weighted by atomic mass is 9.82. The molecule has 2 heterocycles. The molecule has 21 heavy (non-hydrogen) atoms. The highest BCUT2D eigenvalue weighted by Gasteiger charge is 2.41. The number of carbonyl (C=O) groups excluding carboxylic acids is 1. The molecule has 2 fully saturated rings. The van der Waals surface area contributed by atoms with Crippen molar-refractivity contribution in [2.75, 3.05) is 7.05 Å². The van der Waals surface area contributed by atoms with Gasteiger partial charge in [-0.3, -0.25) is 0 Å². The molecule has 3 rings (SSSR count). The summed E-state index contributed by atoms with van der Waals surface area (Å²) in [5, 5.41) is 3.37. The highest BCUT2D eigenvalue weighted by Crippen LogP contribution is 2.34. The molecule has 0 aliphatic carbocycles. The number of carbonyl (C=O) groups is 1. The zero-order chi connectivity index (χ0) is 14.7. The van der Waals surface area contributed by atoms with Crippen LogP contribution in [0.15, 0.2) is 30.3 Å². The molecule has 4 nitrogen and oxygen atoms in total. The highest BCUT2D eigenvalue weighted by molar-refractivity contribution is 5.69. The fourth-order valence-corrected chi connectivity index (χ4v) is 3.71. The monoisotopic (exact) mass is 288 g/mol. The first kappa shape index (κ1) is 14.4. The van der Waals surface area contributed by atoms with Crippen LogP contribution in [0.3, 0.4) is 0 Å². The van der Waals surface area contributed by atoms with E-state index in [1.807, 2.05) is 42.3 Å². The summed E-state index contributed by atoms with van der Waals surface area (Å²) in [6.07, 6.45) is 5.40. The number of piperidine rings is 2. The topological polar surface area (TPSA) is 41.6 Å². The molecule has 0 aromatic heterocycles. The van der Waals surface area contributed by atoms with Crippen LogP contribution in [0.1, 0.15) is 37.7 Å². The van der Waals surface area contributed by atoms with Crippen LogP contribution in [0.5, 0.6) is 0 Å². The molecule has 3 atom stereocenters. The fourth-order valence-electron chi connectivity index (χ4n) is 3.71. The van der Waals surface area contributed by atoms with Gasteiger partial charge in [-0.15, -0.1) is 0 Å². The third-order valence-corrected chi connectivity index (χ3v) is 4.80. The summed E-state index contributed by atoms with van der Waals surface area (Å²) < 4.78 is 5.54. The van der Waals surface area contributed by atoms with Gasteiger partial charge in [-0.2, -0.15) is 0 Å². The summed E-state index contributed by atoms with van der Waals surface area (Å²) in [4.78, 5) is 14.5. The van der Waals surface area contributed by atoms with Crippen LogP contribution in [0, 0.1) is 0 Å². The maximum atomic E-state index is 12.5. The molecule has 4 heteroatoms. The number of fused-ring (bicyclic) bond motifs is 2. The van der Waals surface area contributed by atoms with Gasteiger partial charge in [-0.1, -0.05) is 30.3 Å². The van der Waals surface area contributed by atoms with Crippen molar-refractivity contribution < 1.29 is 9.53 Å². The van der Waals surface area contributed by atoms with Crippen molar-refractivity contribution in [2.24, 2.45) is 0 Å². The first-order valence-corrected chi connectivity index (χ1v) is 7.94. The molecule has 2 saturated heterocycles. The molecule has 114 valence electrons. The lowest BCUT2D eigenvalue weighted by molar-refractivity contribution is 0.0113. The Labute approximate surface area is 126 Å². The molecular weight excluding hydrogens is 264 g/mol. The predicted octanol–water partition coefficient (Wildman–Crippen LogP) is 2.93. The molecule has 1 aromatic carbocycles. The average molecular weight is 288 g/mol. The quantitative estimate of drug-likeness (QED) is 0.930. The number of hydrogen-bond donors (Lipinski definition) is 1. The fraction of sp³-hybridized carbons (Fsp3) is 0.588. The van der Waals surface area contributed by atoms with Crippen LogP contribution in [-0.2, 0) is 11.3 Å². The van der Waals surface area contributed by atoms with Crippen LogP contribution >= 0.6 is 0 Å². The normalized spacial score (nSPS) is 28.2. The van der Waals surface area contributed by atoms with E-state index in [2.05, 4.69) is 5.32 Å².